The number of hydrogen-bond acceptors (Lipinski definition) is 4. The van der Waals surface area contributed by atoms with Crippen molar-refractivity contribution in [1.82, 2.24) is 9.55 Å². The zero-order valence-electron chi connectivity index (χ0n) is 10.2. The molecule has 2 N–H and O–H groups in total. The molecule has 2 rings (SSSR count). The van der Waals surface area contributed by atoms with Gasteiger partial charge in [0.1, 0.15) is 6.54 Å². The second-order valence-electron chi connectivity index (χ2n) is 4.00. The number of esters is 1. The quantitative estimate of drug-likeness (QED) is 0.796. The molecule has 0 fully saturated rings. The number of nitrogens with zero attached hydrogens (tertiary/aromatic N) is 2. The van der Waals surface area contributed by atoms with Crippen LogP contribution in [-0.2, 0) is 16.1 Å². The lowest BCUT2D eigenvalue weighted by molar-refractivity contribution is -0.141. The van der Waals surface area contributed by atoms with Crippen LogP contribution in [0.1, 0.15) is 11.3 Å². The lowest BCUT2D eigenvalue weighted by atomic mass is 10.2. The predicted molar refractivity (Wildman–Crippen MR) is 65.6 cm³/mol. The number of hydrogen-bond donors (Lipinski definition) is 1. The standard InChI is InChI=1S/C12H15N3O2/c1-7-8(2)15(6-11(16)17-3)10-5-14-4-9(13)12(7)10/h4-5H,6,13H2,1-3H3. The number of nitrogen functional groups attached to an aromatic ring is 1. The second kappa shape index (κ2) is 4.08. The molecule has 90 valence electrons. The van der Waals surface area contributed by atoms with Gasteiger partial charge >= 0.3 is 5.97 Å². The molecule has 0 aliphatic heterocycles. The Kier molecular flexibility index (Phi) is 2.75. The Labute approximate surface area is 99.2 Å². The maximum atomic E-state index is 11.4. The summed E-state index contributed by atoms with van der Waals surface area (Å²) in [6, 6.07) is 0. The van der Waals surface area contributed by atoms with Crippen LogP contribution in [0, 0.1) is 13.8 Å². The van der Waals surface area contributed by atoms with Gasteiger partial charge in [0.25, 0.3) is 0 Å². The van der Waals surface area contributed by atoms with E-state index in [1.165, 1.54) is 7.11 Å². The van der Waals surface area contributed by atoms with Crippen LogP contribution in [0.3, 0.4) is 0 Å². The lowest BCUT2D eigenvalue weighted by Crippen LogP contribution is -2.12. The third kappa shape index (κ3) is 1.73. The van der Waals surface area contributed by atoms with Gasteiger partial charge in [-0.1, -0.05) is 0 Å². The highest BCUT2D eigenvalue weighted by Crippen LogP contribution is 2.28. The highest BCUT2D eigenvalue weighted by molar-refractivity contribution is 5.95. The van der Waals surface area contributed by atoms with Gasteiger partial charge in [0.15, 0.2) is 0 Å². The first-order valence-corrected chi connectivity index (χ1v) is 5.32. The van der Waals surface area contributed by atoms with Crippen molar-refractivity contribution in [1.29, 1.82) is 0 Å². The summed E-state index contributed by atoms with van der Waals surface area (Å²) < 4.78 is 6.56. The number of carbonyl (C=O) groups is 1. The van der Waals surface area contributed by atoms with E-state index in [0.717, 1.165) is 22.2 Å². The molecule has 2 aromatic heterocycles. The fourth-order valence-electron chi connectivity index (χ4n) is 2.04. The van der Waals surface area contributed by atoms with Crippen molar-refractivity contribution >= 4 is 22.6 Å². The third-order valence-electron chi connectivity index (χ3n) is 3.08. The Bertz CT molecular complexity index is 587. The van der Waals surface area contributed by atoms with Crippen LogP contribution in [0.5, 0.6) is 0 Å². The predicted octanol–water partition coefficient (Wildman–Crippen LogP) is 1.41. The number of aromatic nitrogens is 2. The molecule has 0 bridgehead atoms. The molecule has 0 aromatic carbocycles. The second-order valence-corrected chi connectivity index (χ2v) is 4.00. The van der Waals surface area contributed by atoms with Gasteiger partial charge in [-0.25, -0.2) is 0 Å². The van der Waals surface area contributed by atoms with E-state index < -0.39 is 0 Å². The van der Waals surface area contributed by atoms with E-state index in [1.807, 2.05) is 18.4 Å². The monoisotopic (exact) mass is 233 g/mol. The maximum Gasteiger partial charge on any atom is 0.325 e. The van der Waals surface area contributed by atoms with Gasteiger partial charge in [-0.2, -0.15) is 0 Å². The van der Waals surface area contributed by atoms with Gasteiger partial charge in [0.05, 0.1) is 30.7 Å². The Morgan fingerprint density at radius 2 is 2.18 bits per heavy atom. The maximum absolute atomic E-state index is 11.4. The molecule has 5 nitrogen and oxygen atoms in total. The normalized spacial score (nSPS) is 10.8. The fourth-order valence-corrected chi connectivity index (χ4v) is 2.04. The number of aryl methyl sites for hydroxylation is 1. The minimum absolute atomic E-state index is 0.178. The van der Waals surface area contributed by atoms with Crippen molar-refractivity contribution in [3.8, 4) is 0 Å². The third-order valence-corrected chi connectivity index (χ3v) is 3.08. The van der Waals surface area contributed by atoms with Crippen molar-refractivity contribution in [3.63, 3.8) is 0 Å². The molecule has 0 aliphatic rings. The van der Waals surface area contributed by atoms with Crippen molar-refractivity contribution < 1.29 is 9.53 Å². The minimum atomic E-state index is -0.285. The lowest BCUT2D eigenvalue weighted by Gasteiger charge is -2.06. The molecule has 0 radical (unpaired) electrons. The first-order chi connectivity index (χ1) is 8.06. The van der Waals surface area contributed by atoms with Crippen molar-refractivity contribution in [2.45, 2.75) is 20.4 Å². The van der Waals surface area contributed by atoms with E-state index in [4.69, 9.17) is 5.73 Å². The van der Waals surface area contributed by atoms with Crippen LogP contribution in [0.25, 0.3) is 10.9 Å². The number of pyridine rings is 1. The van der Waals surface area contributed by atoms with E-state index in [0.29, 0.717) is 5.69 Å². The molecule has 0 spiro atoms. The van der Waals surface area contributed by atoms with Crippen LogP contribution in [0.2, 0.25) is 0 Å². The number of fused-ring (bicyclic) bond motifs is 1. The average molecular weight is 233 g/mol. The number of ether oxygens (including phenoxy) is 1. The molecule has 0 amide bonds. The molecule has 17 heavy (non-hydrogen) atoms. The van der Waals surface area contributed by atoms with E-state index in [2.05, 4.69) is 9.72 Å². The highest BCUT2D eigenvalue weighted by Gasteiger charge is 2.15. The molecule has 0 unspecified atom stereocenters. The molecule has 5 heteroatoms. The van der Waals surface area contributed by atoms with Crippen LogP contribution in [0.15, 0.2) is 12.4 Å². The SMILES string of the molecule is COC(=O)Cn1c(C)c(C)c2c(N)cncc21. The Morgan fingerprint density at radius 3 is 2.82 bits per heavy atom. The Morgan fingerprint density at radius 1 is 1.47 bits per heavy atom. The molecule has 0 saturated heterocycles. The summed E-state index contributed by atoms with van der Waals surface area (Å²) in [5, 5.41) is 0.960. The van der Waals surface area contributed by atoms with E-state index in [-0.39, 0.29) is 12.5 Å². The zero-order chi connectivity index (χ0) is 12.6. The van der Waals surface area contributed by atoms with Crippen molar-refractivity contribution in [2.75, 3.05) is 12.8 Å². The number of anilines is 1. The minimum Gasteiger partial charge on any atom is -0.468 e. The summed E-state index contributed by atoms with van der Waals surface area (Å²) in [5.41, 5.74) is 9.49. The van der Waals surface area contributed by atoms with Crippen molar-refractivity contribution in [2.24, 2.45) is 0 Å². The van der Waals surface area contributed by atoms with E-state index in [9.17, 15) is 4.79 Å². The molecule has 2 aromatic rings. The van der Waals surface area contributed by atoms with Crippen LogP contribution in [0.4, 0.5) is 5.69 Å². The van der Waals surface area contributed by atoms with Gasteiger partial charge in [-0.15, -0.1) is 0 Å². The molecular weight excluding hydrogens is 218 g/mol. The number of methoxy groups -OCH3 is 1. The first kappa shape index (κ1) is 11.4. The Balaban J connectivity index is 2.67. The van der Waals surface area contributed by atoms with E-state index >= 15 is 0 Å². The van der Waals surface area contributed by atoms with E-state index in [1.54, 1.807) is 12.4 Å². The number of carbonyl (C=O) groups excluding carboxylic acids is 1. The van der Waals surface area contributed by atoms with Gasteiger partial charge in [0.2, 0.25) is 0 Å². The van der Waals surface area contributed by atoms with Gasteiger partial charge in [-0.05, 0) is 19.4 Å². The largest absolute Gasteiger partial charge is 0.468 e. The highest BCUT2D eigenvalue weighted by atomic mass is 16.5. The average Bonchev–Trinajstić information content (AvgIpc) is 2.55. The van der Waals surface area contributed by atoms with Gasteiger partial charge < -0.3 is 15.0 Å². The zero-order valence-corrected chi connectivity index (χ0v) is 10.2. The molecule has 0 saturated carbocycles. The van der Waals surface area contributed by atoms with Crippen LogP contribution in [-0.4, -0.2) is 22.6 Å². The fraction of sp³-hybridized carbons (Fsp3) is 0.333. The van der Waals surface area contributed by atoms with Gasteiger partial charge in [-0.3, -0.25) is 9.78 Å². The number of nitrogens with two attached hydrogens (primary N) is 1. The molecular formula is C12H15N3O2. The molecule has 2 heterocycles. The summed E-state index contributed by atoms with van der Waals surface area (Å²) in [6.07, 6.45) is 3.34. The summed E-state index contributed by atoms with van der Waals surface area (Å²) in [5.74, 6) is -0.285. The van der Waals surface area contributed by atoms with Crippen molar-refractivity contribution in [3.05, 3.63) is 23.7 Å². The summed E-state index contributed by atoms with van der Waals surface area (Å²) in [7, 11) is 1.38. The first-order valence-electron chi connectivity index (χ1n) is 5.32. The Hall–Kier alpha value is -2.04. The van der Waals surface area contributed by atoms with Crippen LogP contribution < -0.4 is 5.73 Å². The molecule has 0 aliphatic carbocycles. The summed E-state index contributed by atoms with van der Waals surface area (Å²) in [6.45, 7) is 4.12. The smallest absolute Gasteiger partial charge is 0.325 e. The van der Waals surface area contributed by atoms with Gasteiger partial charge in [0, 0.05) is 11.1 Å². The number of rotatable bonds is 2. The topological polar surface area (TPSA) is 70.1 Å². The molecule has 0 atom stereocenters. The summed E-state index contributed by atoms with van der Waals surface area (Å²) >= 11 is 0. The summed E-state index contributed by atoms with van der Waals surface area (Å²) in [4.78, 5) is 15.4. The van der Waals surface area contributed by atoms with Crippen LogP contribution >= 0.6 is 0 Å².